The molecule has 24 heavy (non-hydrogen) atoms. The van der Waals surface area contributed by atoms with E-state index >= 15 is 0 Å². The summed E-state index contributed by atoms with van der Waals surface area (Å²) in [5.41, 5.74) is 0.544. The summed E-state index contributed by atoms with van der Waals surface area (Å²) in [6.07, 6.45) is -1.14. The van der Waals surface area contributed by atoms with Gasteiger partial charge >= 0.3 is 6.18 Å². The Kier molecular flexibility index (Phi) is 4.35. The Hall–Kier alpha value is -2.67. The van der Waals surface area contributed by atoms with Crippen LogP contribution in [-0.4, -0.2) is 21.7 Å². The molecule has 0 amide bonds. The van der Waals surface area contributed by atoms with Gasteiger partial charge in [0.15, 0.2) is 0 Å². The van der Waals surface area contributed by atoms with Crippen LogP contribution in [0.4, 0.5) is 19.0 Å². The van der Waals surface area contributed by atoms with E-state index in [-0.39, 0.29) is 6.61 Å². The summed E-state index contributed by atoms with van der Waals surface area (Å²) in [5.74, 6) is 0.513. The largest absolute Gasteiger partial charge is 0.416 e. The van der Waals surface area contributed by atoms with E-state index in [1.165, 1.54) is 12.1 Å². The molecule has 0 radical (unpaired) electrons. The average molecular weight is 333 g/mol. The fourth-order valence-corrected chi connectivity index (χ4v) is 2.42. The number of nitrogens with one attached hydrogen (secondary N) is 1. The highest BCUT2D eigenvalue weighted by Gasteiger charge is 2.30. The Balaban J connectivity index is 1.89. The van der Waals surface area contributed by atoms with Gasteiger partial charge in [-0.2, -0.15) is 13.2 Å². The molecule has 0 aliphatic rings. The lowest BCUT2D eigenvalue weighted by atomic mass is 10.0. The number of nitrogens with zero attached hydrogens (tertiary/aromatic N) is 2. The van der Waals surface area contributed by atoms with Crippen LogP contribution >= 0.6 is 0 Å². The Bertz CT molecular complexity index is 829. The van der Waals surface area contributed by atoms with Crippen LogP contribution in [0.5, 0.6) is 0 Å². The van der Waals surface area contributed by atoms with E-state index in [9.17, 15) is 18.3 Å². The van der Waals surface area contributed by atoms with Crippen LogP contribution < -0.4 is 5.32 Å². The van der Waals surface area contributed by atoms with E-state index in [2.05, 4.69) is 15.3 Å². The van der Waals surface area contributed by atoms with Gasteiger partial charge in [-0.25, -0.2) is 4.98 Å². The third-order valence-corrected chi connectivity index (χ3v) is 3.66. The highest BCUT2D eigenvalue weighted by molar-refractivity contribution is 5.88. The lowest BCUT2D eigenvalue weighted by Crippen LogP contribution is -2.16. The molecule has 0 aliphatic carbocycles. The van der Waals surface area contributed by atoms with Crippen LogP contribution in [0.25, 0.3) is 10.9 Å². The van der Waals surface area contributed by atoms with Gasteiger partial charge in [-0.3, -0.25) is 4.98 Å². The number of anilines is 1. The fraction of sp³-hybridized carbons (Fsp3) is 0.176. The maximum absolute atomic E-state index is 12.6. The van der Waals surface area contributed by atoms with Crippen molar-refractivity contribution in [3.8, 4) is 0 Å². The van der Waals surface area contributed by atoms with Crippen molar-refractivity contribution in [2.45, 2.75) is 12.2 Å². The summed E-state index contributed by atoms with van der Waals surface area (Å²) in [6.45, 7) is -0.288. The molecular formula is C17H14F3N3O. The quantitative estimate of drug-likeness (QED) is 0.763. The molecule has 0 saturated heterocycles. The van der Waals surface area contributed by atoms with Crippen molar-refractivity contribution in [1.29, 1.82) is 0 Å². The molecular weight excluding hydrogens is 319 g/mol. The first-order chi connectivity index (χ1) is 11.5. The second-order valence-corrected chi connectivity index (χ2v) is 5.23. The lowest BCUT2D eigenvalue weighted by molar-refractivity contribution is -0.137. The van der Waals surface area contributed by atoms with Crippen molar-refractivity contribution < 1.29 is 18.3 Å². The van der Waals surface area contributed by atoms with Crippen molar-refractivity contribution in [2.75, 3.05) is 11.9 Å². The van der Waals surface area contributed by atoms with Crippen molar-refractivity contribution in [2.24, 2.45) is 0 Å². The molecule has 0 fully saturated rings. The summed E-state index contributed by atoms with van der Waals surface area (Å²) in [5, 5.41) is 13.4. The molecule has 3 rings (SSSR count). The number of fused-ring (bicyclic) bond motifs is 1. The molecule has 0 spiro atoms. The minimum Gasteiger partial charge on any atom is -0.394 e. The zero-order valence-electron chi connectivity index (χ0n) is 12.5. The Labute approximate surface area is 136 Å². The monoisotopic (exact) mass is 333 g/mol. The Morgan fingerprint density at radius 1 is 1.00 bits per heavy atom. The van der Waals surface area contributed by atoms with E-state index in [0.717, 1.165) is 23.0 Å². The van der Waals surface area contributed by atoms with Crippen LogP contribution in [0.15, 0.2) is 54.9 Å². The molecule has 2 aromatic heterocycles. The Morgan fingerprint density at radius 2 is 1.75 bits per heavy atom. The Morgan fingerprint density at radius 3 is 2.42 bits per heavy atom. The first-order valence-corrected chi connectivity index (χ1v) is 7.23. The van der Waals surface area contributed by atoms with Crippen molar-refractivity contribution in [3.63, 3.8) is 0 Å². The van der Waals surface area contributed by atoms with Gasteiger partial charge < -0.3 is 10.4 Å². The van der Waals surface area contributed by atoms with E-state index < -0.39 is 17.8 Å². The number of alkyl halides is 3. The maximum atomic E-state index is 12.6. The van der Waals surface area contributed by atoms with E-state index in [1.54, 1.807) is 24.5 Å². The summed E-state index contributed by atoms with van der Waals surface area (Å²) in [4.78, 5) is 8.45. The average Bonchev–Trinajstić information content (AvgIpc) is 2.59. The molecule has 0 aliphatic heterocycles. The van der Waals surface area contributed by atoms with Crippen LogP contribution in [0.2, 0.25) is 0 Å². The number of benzene rings is 1. The van der Waals surface area contributed by atoms with Crippen LogP contribution in [0.3, 0.4) is 0 Å². The topological polar surface area (TPSA) is 58.0 Å². The fourth-order valence-electron chi connectivity index (χ4n) is 2.42. The van der Waals surface area contributed by atoms with E-state index in [1.807, 2.05) is 6.07 Å². The number of hydrogen-bond acceptors (Lipinski definition) is 4. The molecule has 124 valence electrons. The smallest absolute Gasteiger partial charge is 0.394 e. The van der Waals surface area contributed by atoms with Crippen LogP contribution in [0, 0.1) is 0 Å². The second-order valence-electron chi connectivity index (χ2n) is 5.23. The number of pyridine rings is 2. The van der Waals surface area contributed by atoms with E-state index in [0.29, 0.717) is 11.4 Å². The number of hydrogen-bond donors (Lipinski definition) is 2. The van der Waals surface area contributed by atoms with E-state index in [4.69, 9.17) is 0 Å². The molecule has 3 aromatic rings. The molecule has 2 N–H and O–H groups in total. The zero-order valence-corrected chi connectivity index (χ0v) is 12.5. The number of aromatic nitrogens is 2. The highest BCUT2D eigenvalue weighted by Crippen LogP contribution is 2.30. The summed E-state index contributed by atoms with van der Waals surface area (Å²) < 4.78 is 37.9. The van der Waals surface area contributed by atoms with Gasteiger partial charge in [-0.05, 0) is 35.9 Å². The van der Waals surface area contributed by atoms with Gasteiger partial charge in [0.05, 0.1) is 23.7 Å². The second kappa shape index (κ2) is 6.45. The number of aliphatic hydroxyl groups excluding tert-OH is 1. The molecule has 0 saturated carbocycles. The molecule has 1 atom stereocenters. The number of rotatable bonds is 4. The molecule has 7 heteroatoms. The van der Waals surface area contributed by atoms with Crippen molar-refractivity contribution in [3.05, 3.63) is 66.0 Å². The molecule has 1 unspecified atom stereocenters. The van der Waals surface area contributed by atoms with Gasteiger partial charge in [0.1, 0.15) is 5.82 Å². The number of halogens is 3. The highest BCUT2D eigenvalue weighted by atomic mass is 19.4. The SMILES string of the molecule is OCC(Nc1nccc2ncccc12)c1ccc(C(F)(F)F)cc1. The lowest BCUT2D eigenvalue weighted by Gasteiger charge is -2.19. The number of aliphatic hydroxyl groups is 1. The van der Waals surface area contributed by atoms with Gasteiger partial charge in [0, 0.05) is 17.8 Å². The first kappa shape index (κ1) is 16.2. The minimum atomic E-state index is -4.39. The molecule has 2 heterocycles. The molecule has 0 bridgehead atoms. The van der Waals surface area contributed by atoms with Gasteiger partial charge in [-0.1, -0.05) is 12.1 Å². The maximum Gasteiger partial charge on any atom is 0.416 e. The summed E-state index contributed by atoms with van der Waals surface area (Å²) in [7, 11) is 0. The van der Waals surface area contributed by atoms with Gasteiger partial charge in [-0.15, -0.1) is 0 Å². The predicted molar refractivity (Wildman–Crippen MR) is 84.4 cm³/mol. The minimum absolute atomic E-state index is 0.288. The van der Waals surface area contributed by atoms with Crippen LogP contribution in [0.1, 0.15) is 17.2 Å². The van der Waals surface area contributed by atoms with Crippen LogP contribution in [-0.2, 0) is 6.18 Å². The normalized spacial score (nSPS) is 13.0. The van der Waals surface area contributed by atoms with Crippen molar-refractivity contribution in [1.82, 2.24) is 9.97 Å². The van der Waals surface area contributed by atoms with Crippen molar-refractivity contribution >= 4 is 16.7 Å². The molecule has 4 nitrogen and oxygen atoms in total. The predicted octanol–water partition coefficient (Wildman–Crippen LogP) is 3.79. The molecule has 1 aromatic carbocycles. The third-order valence-electron chi connectivity index (χ3n) is 3.66. The summed E-state index contributed by atoms with van der Waals surface area (Å²) in [6, 6.07) is 9.47. The first-order valence-electron chi connectivity index (χ1n) is 7.23. The van der Waals surface area contributed by atoms with Gasteiger partial charge in [0.2, 0.25) is 0 Å². The standard InChI is InChI=1S/C17H14F3N3O/c18-17(19,20)12-5-3-11(4-6-12)15(10-24)23-16-13-2-1-8-21-14(13)7-9-22-16/h1-9,15,24H,10H2,(H,22,23). The summed E-state index contributed by atoms with van der Waals surface area (Å²) >= 11 is 0. The zero-order chi connectivity index (χ0) is 17.2. The van der Waals surface area contributed by atoms with Gasteiger partial charge in [0.25, 0.3) is 0 Å². The third kappa shape index (κ3) is 3.30.